The lowest BCUT2D eigenvalue weighted by Crippen LogP contribution is -2.59. The maximum Gasteiger partial charge on any atom is 0.296 e. The van der Waals surface area contributed by atoms with Crippen LogP contribution < -0.4 is 10.2 Å². The van der Waals surface area contributed by atoms with Gasteiger partial charge < -0.3 is 15.1 Å². The molecule has 7 nitrogen and oxygen atoms in total. The fourth-order valence-corrected chi connectivity index (χ4v) is 7.40. The molecule has 0 saturated carbocycles. The maximum atomic E-state index is 13.5. The summed E-state index contributed by atoms with van der Waals surface area (Å²) in [5.41, 5.74) is 1.15. The first-order valence-corrected chi connectivity index (χ1v) is 13.8. The third-order valence-electron chi connectivity index (χ3n) is 6.39. The van der Waals surface area contributed by atoms with E-state index in [0.717, 1.165) is 47.8 Å². The van der Waals surface area contributed by atoms with Crippen LogP contribution in [0.1, 0.15) is 23.3 Å². The molecule has 10 heteroatoms. The van der Waals surface area contributed by atoms with Crippen LogP contribution >= 0.6 is 23.1 Å². The molecule has 4 aliphatic rings. The number of thiophene rings is 1. The Balaban J connectivity index is 1.49. The molecule has 1 aromatic carbocycles. The Morgan fingerprint density at radius 2 is 2.00 bits per heavy atom. The van der Waals surface area contributed by atoms with Crippen LogP contribution in [0.5, 0.6) is 0 Å². The third kappa shape index (κ3) is 4.22. The van der Waals surface area contributed by atoms with Crippen LogP contribution in [0.25, 0.3) is 4.91 Å². The summed E-state index contributed by atoms with van der Waals surface area (Å²) in [4.78, 5) is 19.3. The topological polar surface area (TPSA) is 90.0 Å². The van der Waals surface area contributed by atoms with Gasteiger partial charge in [-0.1, -0.05) is 23.9 Å². The van der Waals surface area contributed by atoms with E-state index in [-0.39, 0.29) is 16.8 Å². The first kappa shape index (κ1) is 22.0. The van der Waals surface area contributed by atoms with Crippen LogP contribution in [0.4, 0.5) is 5.69 Å². The van der Waals surface area contributed by atoms with Gasteiger partial charge in [0.1, 0.15) is 4.90 Å². The molecule has 4 aliphatic heterocycles. The molecule has 32 heavy (non-hydrogen) atoms. The zero-order valence-corrected chi connectivity index (χ0v) is 20.0. The highest BCUT2D eigenvalue weighted by Gasteiger charge is 2.40. The number of aryl methyl sites for hydroxylation is 1. The monoisotopic (exact) mass is 491 g/mol. The summed E-state index contributed by atoms with van der Waals surface area (Å²) in [6.07, 6.45) is 4.01. The summed E-state index contributed by atoms with van der Waals surface area (Å²) < 4.78 is 34.1. The van der Waals surface area contributed by atoms with Gasteiger partial charge in [0, 0.05) is 28.6 Å². The Labute approximate surface area is 196 Å². The second-order valence-corrected chi connectivity index (χ2v) is 12.0. The molecule has 1 unspecified atom stereocenters. The average Bonchev–Trinajstić information content (AvgIpc) is 3.44. The smallest absolute Gasteiger partial charge is 0.296 e. The summed E-state index contributed by atoms with van der Waals surface area (Å²) in [6.45, 7) is 4.89. The fourth-order valence-electron chi connectivity index (χ4n) is 4.75. The molecule has 3 saturated heterocycles. The lowest BCUT2D eigenvalue weighted by molar-refractivity contribution is -0.122. The number of nitrogens with one attached hydrogen (secondary N) is 1. The van der Waals surface area contributed by atoms with Crippen molar-refractivity contribution in [1.29, 1.82) is 0 Å². The summed E-state index contributed by atoms with van der Waals surface area (Å²) in [5, 5.41) is 4.55. The zero-order valence-electron chi connectivity index (χ0n) is 17.6. The number of rotatable bonds is 5. The largest absolute Gasteiger partial charge is 0.349 e. The van der Waals surface area contributed by atoms with Gasteiger partial charge in [-0.15, -0.1) is 11.3 Å². The second-order valence-electron chi connectivity index (χ2n) is 8.55. The van der Waals surface area contributed by atoms with E-state index in [1.54, 1.807) is 28.4 Å². The number of fused-ring (bicyclic) bond motifs is 3. The Bertz CT molecular complexity index is 1160. The van der Waals surface area contributed by atoms with Crippen molar-refractivity contribution in [2.75, 3.05) is 24.5 Å². The number of hydrogen-bond acceptors (Lipinski definition) is 7. The zero-order chi connectivity index (χ0) is 22.5. The van der Waals surface area contributed by atoms with E-state index in [0.29, 0.717) is 11.6 Å². The van der Waals surface area contributed by atoms with E-state index in [1.807, 2.05) is 30.6 Å². The van der Waals surface area contributed by atoms with Crippen molar-refractivity contribution in [3.8, 4) is 0 Å². The molecule has 6 rings (SSSR count). The standard InChI is InChI=1S/C22H25N3O4S3/c1-14-4-5-20(32(27,28)29)17(11-14)25-13-19(18-3-2-10-30-18)31-22(25)21(26)23-16-12-24-8-6-15(16)7-9-24/h2-5,10-11,13,15-16,22H,6-9,12H2,1H3,(H,23,26)(H,27,28,29)/t16-,22?/m0/s1. The number of piperidine rings is 3. The van der Waals surface area contributed by atoms with Crippen LogP contribution in [0, 0.1) is 12.8 Å². The molecule has 3 fully saturated rings. The number of carbonyl (C=O) groups is 1. The number of anilines is 1. The van der Waals surface area contributed by atoms with Crippen molar-refractivity contribution in [2.24, 2.45) is 5.92 Å². The second kappa shape index (κ2) is 8.49. The Hall–Kier alpha value is -1.85. The predicted molar refractivity (Wildman–Crippen MR) is 128 cm³/mol. The van der Waals surface area contributed by atoms with Crippen molar-refractivity contribution < 1.29 is 17.8 Å². The van der Waals surface area contributed by atoms with Gasteiger partial charge in [0.2, 0.25) is 0 Å². The van der Waals surface area contributed by atoms with E-state index in [1.165, 1.54) is 17.8 Å². The van der Waals surface area contributed by atoms with Crippen LogP contribution in [0.15, 0.2) is 46.8 Å². The molecule has 2 atom stereocenters. The van der Waals surface area contributed by atoms with Crippen LogP contribution in [-0.4, -0.2) is 54.8 Å². The number of benzene rings is 1. The lowest BCUT2D eigenvalue weighted by atomic mass is 9.84. The summed E-state index contributed by atoms with van der Waals surface area (Å²) in [5.74, 6) is 0.347. The molecule has 1 amide bonds. The number of amides is 1. The van der Waals surface area contributed by atoms with Gasteiger partial charge in [-0.05, 0) is 67.9 Å². The van der Waals surface area contributed by atoms with E-state index in [2.05, 4.69) is 10.2 Å². The predicted octanol–water partition coefficient (Wildman–Crippen LogP) is 3.39. The first-order chi connectivity index (χ1) is 15.3. The lowest BCUT2D eigenvalue weighted by Gasteiger charge is -2.45. The van der Waals surface area contributed by atoms with Gasteiger partial charge in [-0.3, -0.25) is 9.35 Å². The summed E-state index contributed by atoms with van der Waals surface area (Å²) in [6, 6.07) is 8.77. The number of carbonyl (C=O) groups excluding carboxylic acids is 1. The van der Waals surface area contributed by atoms with Crippen molar-refractivity contribution in [1.82, 2.24) is 10.2 Å². The molecule has 0 aliphatic carbocycles. The van der Waals surface area contributed by atoms with Crippen molar-refractivity contribution in [3.05, 3.63) is 52.4 Å². The summed E-state index contributed by atoms with van der Waals surface area (Å²) >= 11 is 2.98. The van der Waals surface area contributed by atoms with Gasteiger partial charge in [0.15, 0.2) is 5.37 Å². The first-order valence-electron chi connectivity index (χ1n) is 10.6. The van der Waals surface area contributed by atoms with E-state index in [9.17, 15) is 17.8 Å². The average molecular weight is 492 g/mol. The molecular formula is C22H25N3O4S3. The molecule has 170 valence electrons. The van der Waals surface area contributed by atoms with Gasteiger partial charge in [-0.2, -0.15) is 8.42 Å². The third-order valence-corrected chi connectivity index (χ3v) is 9.57. The van der Waals surface area contributed by atoms with Gasteiger partial charge in [0.05, 0.1) is 5.69 Å². The van der Waals surface area contributed by atoms with Crippen molar-refractivity contribution >= 4 is 49.7 Å². The molecule has 0 spiro atoms. The normalized spacial score (nSPS) is 27.4. The fraction of sp³-hybridized carbons (Fsp3) is 0.409. The van der Waals surface area contributed by atoms with E-state index >= 15 is 0 Å². The van der Waals surface area contributed by atoms with Crippen LogP contribution in [0.2, 0.25) is 0 Å². The van der Waals surface area contributed by atoms with Gasteiger partial charge >= 0.3 is 0 Å². The minimum atomic E-state index is -4.46. The molecule has 2 bridgehead atoms. The van der Waals surface area contributed by atoms with Crippen molar-refractivity contribution in [3.63, 3.8) is 0 Å². The van der Waals surface area contributed by atoms with Gasteiger partial charge in [0.25, 0.3) is 16.0 Å². The highest BCUT2D eigenvalue weighted by atomic mass is 32.2. The molecule has 0 radical (unpaired) electrons. The highest BCUT2D eigenvalue weighted by molar-refractivity contribution is 8.10. The summed E-state index contributed by atoms with van der Waals surface area (Å²) in [7, 11) is -4.46. The molecule has 5 heterocycles. The highest BCUT2D eigenvalue weighted by Crippen LogP contribution is 2.45. The number of hydrogen-bond donors (Lipinski definition) is 2. The number of thioether (sulfide) groups is 1. The minimum absolute atomic E-state index is 0.108. The molecular weight excluding hydrogens is 466 g/mol. The Kier molecular flexibility index (Phi) is 5.83. The van der Waals surface area contributed by atoms with Crippen LogP contribution in [-0.2, 0) is 14.9 Å². The SMILES string of the molecule is Cc1ccc(S(=O)(=O)O)c(N2C=C(c3cccs3)SC2C(=O)N[C@H]2CN3CCC2CC3)c1. The Morgan fingerprint density at radius 1 is 1.22 bits per heavy atom. The molecule has 2 aromatic rings. The van der Waals surface area contributed by atoms with Crippen LogP contribution in [0.3, 0.4) is 0 Å². The quantitative estimate of drug-likeness (QED) is 0.620. The van der Waals surface area contributed by atoms with E-state index in [4.69, 9.17) is 0 Å². The minimum Gasteiger partial charge on any atom is -0.349 e. The van der Waals surface area contributed by atoms with Gasteiger partial charge in [-0.25, -0.2) is 0 Å². The molecule has 2 N–H and O–H groups in total. The number of nitrogens with zero attached hydrogens (tertiary/aromatic N) is 2. The molecule has 1 aromatic heterocycles. The van der Waals surface area contributed by atoms with Crippen molar-refractivity contribution in [2.45, 2.75) is 36.1 Å². The Morgan fingerprint density at radius 3 is 2.62 bits per heavy atom. The maximum absolute atomic E-state index is 13.5. The van der Waals surface area contributed by atoms with E-state index < -0.39 is 15.5 Å².